The van der Waals surface area contributed by atoms with E-state index >= 15 is 0 Å². The van der Waals surface area contributed by atoms with E-state index in [1.165, 1.54) is 31.7 Å². The molecule has 7 heteroatoms. The molecule has 1 rings (SSSR count). The van der Waals surface area contributed by atoms with Crippen molar-refractivity contribution < 1.29 is 0 Å². The Kier molecular flexibility index (Phi) is 15.5. The molecule has 0 radical (unpaired) electrons. The van der Waals surface area contributed by atoms with Gasteiger partial charge >= 0.3 is 0 Å². The molecule has 1 aliphatic rings. The van der Waals surface area contributed by atoms with Gasteiger partial charge in [0.25, 0.3) is 0 Å². The molecule has 0 aliphatic carbocycles. The maximum Gasteiger partial charge on any atom is 0.191 e. The van der Waals surface area contributed by atoms with Gasteiger partial charge in [-0.15, -0.1) is 24.0 Å². The number of aliphatic imine (C=N–C) groups is 1. The summed E-state index contributed by atoms with van der Waals surface area (Å²) in [4.78, 5) is 9.92. The van der Waals surface area contributed by atoms with Gasteiger partial charge < -0.3 is 15.5 Å². The third kappa shape index (κ3) is 10.9. The van der Waals surface area contributed by atoms with Gasteiger partial charge in [0, 0.05) is 45.3 Å². The van der Waals surface area contributed by atoms with Crippen molar-refractivity contribution in [3.8, 4) is 0 Å². The van der Waals surface area contributed by atoms with Crippen LogP contribution in [-0.2, 0) is 0 Å². The molecule has 0 amide bonds. The van der Waals surface area contributed by atoms with E-state index in [4.69, 9.17) is 4.99 Å². The first kappa shape index (κ1) is 25.3. The van der Waals surface area contributed by atoms with Crippen LogP contribution in [0.2, 0.25) is 0 Å². The highest BCUT2D eigenvalue weighted by atomic mass is 127. The second-order valence-corrected chi connectivity index (χ2v) is 7.98. The predicted molar refractivity (Wildman–Crippen MR) is 125 cm³/mol. The number of unbranched alkanes of at least 4 members (excludes halogenated alkanes) is 1. The van der Waals surface area contributed by atoms with E-state index < -0.39 is 0 Å². The second kappa shape index (κ2) is 15.3. The van der Waals surface area contributed by atoms with E-state index in [0.29, 0.717) is 12.0 Å². The summed E-state index contributed by atoms with van der Waals surface area (Å²) in [5, 5.41) is 6.87. The zero-order valence-corrected chi connectivity index (χ0v) is 20.0. The fraction of sp³-hybridized carbons (Fsp3) is 0.944. The van der Waals surface area contributed by atoms with Gasteiger partial charge in [0.2, 0.25) is 0 Å². The minimum atomic E-state index is 0. The van der Waals surface area contributed by atoms with Crippen molar-refractivity contribution in [3.05, 3.63) is 0 Å². The molecule has 1 fully saturated rings. The number of likely N-dealkylation sites (N-methyl/N-ethyl adjacent to an activating group) is 1. The van der Waals surface area contributed by atoms with E-state index in [1.54, 1.807) is 0 Å². The number of hydrogen-bond acceptors (Lipinski definition) is 4. The average Bonchev–Trinajstić information content (AvgIpc) is 2.56. The van der Waals surface area contributed by atoms with Crippen LogP contribution in [0.5, 0.6) is 0 Å². The second-order valence-electron chi connectivity index (χ2n) is 7.00. The summed E-state index contributed by atoms with van der Waals surface area (Å²) >= 11 is 1.92. The van der Waals surface area contributed by atoms with Crippen molar-refractivity contribution in [2.24, 2.45) is 10.9 Å². The zero-order valence-electron chi connectivity index (χ0n) is 16.9. The van der Waals surface area contributed by atoms with Gasteiger partial charge in [0.15, 0.2) is 5.96 Å². The fourth-order valence-electron chi connectivity index (χ4n) is 3.01. The number of nitrogens with one attached hydrogen (secondary N) is 2. The topological polar surface area (TPSA) is 42.9 Å². The maximum absolute atomic E-state index is 4.88. The van der Waals surface area contributed by atoms with Crippen LogP contribution in [0, 0.1) is 5.92 Å². The Hall–Kier alpha value is 0.270. The molecule has 0 bridgehead atoms. The molecule has 0 saturated carbocycles. The van der Waals surface area contributed by atoms with Crippen molar-refractivity contribution in [1.29, 1.82) is 0 Å². The van der Waals surface area contributed by atoms with Crippen LogP contribution < -0.4 is 10.6 Å². The van der Waals surface area contributed by atoms with E-state index in [9.17, 15) is 0 Å². The van der Waals surface area contributed by atoms with Gasteiger partial charge in [-0.25, -0.2) is 0 Å². The molecule has 5 nitrogen and oxygen atoms in total. The van der Waals surface area contributed by atoms with Crippen LogP contribution in [0.1, 0.15) is 33.6 Å². The number of halogens is 1. The van der Waals surface area contributed by atoms with Crippen LogP contribution >= 0.6 is 35.7 Å². The molecule has 2 N–H and O–H groups in total. The molecule has 0 aromatic rings. The summed E-state index contributed by atoms with van der Waals surface area (Å²) in [6.45, 7) is 14.2. The lowest BCUT2D eigenvalue weighted by Crippen LogP contribution is -2.52. The Morgan fingerprint density at radius 3 is 2.36 bits per heavy atom. The van der Waals surface area contributed by atoms with Crippen LogP contribution in [0.15, 0.2) is 4.99 Å². The SMILES string of the molecule is CCNC(=NCC(C(C)C)N1CCN(C)CC1)NCCCCSC.I. The summed E-state index contributed by atoms with van der Waals surface area (Å²) in [5.74, 6) is 2.84. The van der Waals surface area contributed by atoms with Gasteiger partial charge in [-0.3, -0.25) is 9.89 Å². The average molecular weight is 486 g/mol. The van der Waals surface area contributed by atoms with Gasteiger partial charge in [0.05, 0.1) is 6.54 Å². The first-order chi connectivity index (χ1) is 11.6. The van der Waals surface area contributed by atoms with E-state index in [1.807, 2.05) is 11.8 Å². The van der Waals surface area contributed by atoms with Crippen LogP contribution in [0.25, 0.3) is 0 Å². The molecular formula is C18H40IN5S. The van der Waals surface area contributed by atoms with E-state index in [0.717, 1.165) is 38.7 Å². The fourth-order valence-corrected chi connectivity index (χ4v) is 3.50. The van der Waals surface area contributed by atoms with Crippen LogP contribution in [0.4, 0.5) is 0 Å². The highest BCUT2D eigenvalue weighted by molar-refractivity contribution is 14.0. The predicted octanol–water partition coefficient (Wildman–Crippen LogP) is 2.57. The molecule has 0 spiro atoms. The molecule has 1 heterocycles. The standard InChI is InChI=1S/C18H39N5S.HI/c1-6-19-18(20-9-7-8-14-24-5)21-15-17(16(2)3)23-12-10-22(4)11-13-23;/h16-17H,6-15H2,1-5H3,(H2,19,20,21);1H. The molecule has 1 unspecified atom stereocenters. The number of rotatable bonds is 10. The highest BCUT2D eigenvalue weighted by Crippen LogP contribution is 2.14. The van der Waals surface area contributed by atoms with Crippen LogP contribution in [-0.4, -0.2) is 86.7 Å². The Bertz CT molecular complexity index is 346. The minimum Gasteiger partial charge on any atom is -0.357 e. The van der Waals surface area contributed by atoms with Gasteiger partial charge in [0.1, 0.15) is 0 Å². The maximum atomic E-state index is 4.88. The monoisotopic (exact) mass is 485 g/mol. The van der Waals surface area contributed by atoms with Gasteiger partial charge in [-0.1, -0.05) is 13.8 Å². The Labute approximate surface area is 177 Å². The Morgan fingerprint density at radius 1 is 1.12 bits per heavy atom. The number of piperazine rings is 1. The summed E-state index contributed by atoms with van der Waals surface area (Å²) in [7, 11) is 2.21. The first-order valence-electron chi connectivity index (χ1n) is 9.52. The summed E-state index contributed by atoms with van der Waals surface area (Å²) < 4.78 is 0. The number of hydrogen-bond donors (Lipinski definition) is 2. The van der Waals surface area contributed by atoms with Gasteiger partial charge in [-0.05, 0) is 44.7 Å². The largest absolute Gasteiger partial charge is 0.357 e. The van der Waals surface area contributed by atoms with Crippen molar-refractivity contribution in [2.75, 3.05) is 64.9 Å². The summed E-state index contributed by atoms with van der Waals surface area (Å²) in [6, 6.07) is 0.533. The molecule has 150 valence electrons. The van der Waals surface area contributed by atoms with E-state index in [2.05, 4.69) is 54.5 Å². The van der Waals surface area contributed by atoms with Crippen molar-refractivity contribution in [1.82, 2.24) is 20.4 Å². The molecule has 0 aromatic carbocycles. The highest BCUT2D eigenvalue weighted by Gasteiger charge is 2.24. The molecule has 1 aliphatic heterocycles. The summed E-state index contributed by atoms with van der Waals surface area (Å²) in [6.07, 6.45) is 4.64. The van der Waals surface area contributed by atoms with E-state index in [-0.39, 0.29) is 24.0 Å². The van der Waals surface area contributed by atoms with Crippen molar-refractivity contribution in [3.63, 3.8) is 0 Å². The lowest BCUT2D eigenvalue weighted by molar-refractivity contribution is 0.0925. The lowest BCUT2D eigenvalue weighted by Gasteiger charge is -2.39. The molecule has 1 saturated heterocycles. The lowest BCUT2D eigenvalue weighted by atomic mass is 10.0. The molecule has 0 aromatic heterocycles. The first-order valence-corrected chi connectivity index (χ1v) is 10.9. The molecule has 25 heavy (non-hydrogen) atoms. The van der Waals surface area contributed by atoms with Crippen LogP contribution in [0.3, 0.4) is 0 Å². The molecular weight excluding hydrogens is 445 g/mol. The smallest absolute Gasteiger partial charge is 0.191 e. The third-order valence-electron chi connectivity index (χ3n) is 4.62. The van der Waals surface area contributed by atoms with Crippen molar-refractivity contribution in [2.45, 2.75) is 39.7 Å². The number of guanidine groups is 1. The number of nitrogens with zero attached hydrogens (tertiary/aromatic N) is 3. The third-order valence-corrected chi connectivity index (χ3v) is 5.32. The van der Waals surface area contributed by atoms with Crippen molar-refractivity contribution >= 4 is 41.7 Å². The van der Waals surface area contributed by atoms with Gasteiger partial charge in [-0.2, -0.15) is 11.8 Å². The minimum absolute atomic E-state index is 0. The Balaban J connectivity index is 0.00000576. The zero-order chi connectivity index (χ0) is 17.8. The Morgan fingerprint density at radius 2 is 1.80 bits per heavy atom. The molecule has 1 atom stereocenters. The quantitative estimate of drug-likeness (QED) is 0.216. The summed E-state index contributed by atoms with van der Waals surface area (Å²) in [5.41, 5.74) is 0. The number of thioether (sulfide) groups is 1. The normalized spacial score (nSPS) is 18.1.